The fourth-order valence-electron chi connectivity index (χ4n) is 11.3. The van der Waals surface area contributed by atoms with E-state index in [1.807, 2.05) is 21.1 Å². The zero-order valence-electron chi connectivity index (χ0n) is 62.2. The maximum atomic E-state index is 12.9. The number of hydrogen-bond donors (Lipinski definition) is 1. The lowest BCUT2D eigenvalue weighted by Gasteiger charge is -2.24. The summed E-state index contributed by atoms with van der Waals surface area (Å²) in [4.78, 5) is 36.0. The lowest BCUT2D eigenvalue weighted by Crippen LogP contribution is -2.37. The number of allylic oxidation sites excluding steroid dienone is 18. The Labute approximate surface area is 582 Å². The van der Waals surface area contributed by atoms with E-state index in [1.165, 1.54) is 238 Å². The number of carbonyl (C=O) groups excluding carboxylic acids is 2. The third kappa shape index (κ3) is 77.7. The van der Waals surface area contributed by atoms with Crippen molar-refractivity contribution in [2.75, 3.05) is 47.5 Å². The summed E-state index contributed by atoms with van der Waals surface area (Å²) in [5.41, 5.74) is 0. The summed E-state index contributed by atoms with van der Waals surface area (Å²) in [6.45, 7) is 4.35. The summed E-state index contributed by atoms with van der Waals surface area (Å²) >= 11 is 0. The second kappa shape index (κ2) is 73.9. The molecule has 0 rings (SSSR count). The van der Waals surface area contributed by atoms with Crippen molar-refractivity contribution in [2.24, 2.45) is 0 Å². The second-order valence-electron chi connectivity index (χ2n) is 27.7. The van der Waals surface area contributed by atoms with E-state index in [2.05, 4.69) is 123 Å². The average molecular weight is 1330 g/mol. The van der Waals surface area contributed by atoms with Gasteiger partial charge in [-0.05, 0) is 103 Å². The van der Waals surface area contributed by atoms with Crippen LogP contribution in [-0.2, 0) is 32.7 Å². The van der Waals surface area contributed by atoms with Crippen molar-refractivity contribution in [1.29, 1.82) is 0 Å². The van der Waals surface area contributed by atoms with Gasteiger partial charge in [0.2, 0.25) is 0 Å². The maximum absolute atomic E-state index is 12.9. The summed E-state index contributed by atoms with van der Waals surface area (Å²) in [6, 6.07) is 0. The van der Waals surface area contributed by atoms with Gasteiger partial charge in [0.25, 0.3) is 0 Å². The number of unbranched alkanes of at least 4 members (excludes halogenated alkanes) is 41. The third-order valence-electron chi connectivity index (χ3n) is 17.3. The van der Waals surface area contributed by atoms with E-state index in [1.54, 1.807) is 0 Å². The minimum Gasteiger partial charge on any atom is -0.462 e. The third-order valence-corrected chi connectivity index (χ3v) is 18.3. The number of quaternary nitrogens is 1. The minimum absolute atomic E-state index is 0.0298. The van der Waals surface area contributed by atoms with E-state index in [9.17, 15) is 19.0 Å². The molecule has 2 unspecified atom stereocenters. The number of hydrogen-bond acceptors (Lipinski definition) is 7. The van der Waals surface area contributed by atoms with Crippen LogP contribution in [0.15, 0.2) is 109 Å². The van der Waals surface area contributed by atoms with Gasteiger partial charge >= 0.3 is 19.8 Å². The van der Waals surface area contributed by atoms with E-state index in [0.717, 1.165) is 89.9 Å². The van der Waals surface area contributed by atoms with E-state index in [-0.39, 0.29) is 32.0 Å². The first-order valence-corrected chi connectivity index (χ1v) is 41.1. The van der Waals surface area contributed by atoms with Gasteiger partial charge in [0.05, 0.1) is 27.7 Å². The molecule has 0 saturated carbocycles. The molecule has 544 valence electrons. The molecule has 0 aromatic rings. The summed E-state index contributed by atoms with van der Waals surface area (Å²) < 4.78 is 34.8. The molecule has 1 N–H and O–H groups in total. The van der Waals surface area contributed by atoms with Crippen molar-refractivity contribution in [3.63, 3.8) is 0 Å². The van der Waals surface area contributed by atoms with Crippen molar-refractivity contribution in [1.82, 2.24) is 0 Å². The number of nitrogens with zero attached hydrogens (tertiary/aromatic N) is 1. The Morgan fingerprint density at radius 1 is 0.340 bits per heavy atom. The zero-order valence-corrected chi connectivity index (χ0v) is 63.1. The van der Waals surface area contributed by atoms with Crippen molar-refractivity contribution in [2.45, 2.75) is 367 Å². The van der Waals surface area contributed by atoms with Crippen molar-refractivity contribution in [3.8, 4) is 0 Å². The van der Waals surface area contributed by atoms with E-state index in [4.69, 9.17) is 18.5 Å². The summed E-state index contributed by atoms with van der Waals surface area (Å²) in [5, 5.41) is 0. The number of carbonyl (C=O) groups is 2. The average Bonchev–Trinajstić information content (AvgIpc) is 1.56. The molecule has 2 atom stereocenters. The van der Waals surface area contributed by atoms with Crippen LogP contribution in [0.4, 0.5) is 0 Å². The van der Waals surface area contributed by atoms with Gasteiger partial charge in [-0.25, -0.2) is 4.57 Å². The predicted octanol–water partition coefficient (Wildman–Crippen LogP) is 26.4. The molecule has 0 heterocycles. The van der Waals surface area contributed by atoms with Gasteiger partial charge in [0, 0.05) is 12.8 Å². The number of rotatable bonds is 73. The van der Waals surface area contributed by atoms with Crippen LogP contribution in [0.25, 0.3) is 0 Å². The zero-order chi connectivity index (χ0) is 68.3. The molecule has 0 saturated heterocycles. The summed E-state index contributed by atoms with van der Waals surface area (Å²) in [6.07, 6.45) is 105. The normalized spacial score (nSPS) is 13.6. The lowest BCUT2D eigenvalue weighted by atomic mass is 10.0. The number of phosphoric ester groups is 1. The van der Waals surface area contributed by atoms with Crippen molar-refractivity contribution < 1.29 is 42.1 Å². The van der Waals surface area contributed by atoms with Crippen LogP contribution in [0.2, 0.25) is 0 Å². The standard InChI is InChI=1S/C84H150NO8P/c1-6-8-10-12-14-16-18-20-22-24-26-28-30-32-34-36-38-40-41-42-43-45-46-48-50-52-54-56-58-60-62-64-66-68-70-72-74-76-83(86)90-80-82(81-92-94(88,89)91-79-78-85(3,4)5)93-84(87)77-75-73-71-69-67-65-63-61-59-57-55-53-51-49-47-44-39-37-35-33-31-29-27-25-23-21-19-17-15-13-11-9-7-2/h9,11,15,17-18,20-21,23-24,26-27,29-30,32-33,35,39,44,82H,6-8,10,12-14,16,19,22,25,28,31,34,36-38,40-43,45-81H2,1-5H3/p+1/b11-9-,17-15-,20-18-,23-21-,26-24-,29-27-,32-30-,35-33-,44-39-. The molecule has 0 aliphatic carbocycles. The molecule has 10 heteroatoms. The summed E-state index contributed by atoms with van der Waals surface area (Å²) in [7, 11) is 1.48. The summed E-state index contributed by atoms with van der Waals surface area (Å²) in [5.74, 6) is -0.786. The van der Waals surface area contributed by atoms with Gasteiger partial charge < -0.3 is 18.9 Å². The number of likely N-dealkylation sites (N-methyl/N-ethyl adjacent to an activating group) is 1. The van der Waals surface area contributed by atoms with E-state index >= 15 is 0 Å². The molecule has 9 nitrogen and oxygen atoms in total. The first-order valence-electron chi connectivity index (χ1n) is 39.6. The van der Waals surface area contributed by atoms with Crippen LogP contribution in [0.5, 0.6) is 0 Å². The van der Waals surface area contributed by atoms with Crippen LogP contribution in [0.3, 0.4) is 0 Å². The molecule has 0 aliphatic rings. The molecule has 0 amide bonds. The Balaban J connectivity index is 3.96. The predicted molar refractivity (Wildman–Crippen MR) is 408 cm³/mol. The van der Waals surface area contributed by atoms with E-state index in [0.29, 0.717) is 17.4 Å². The Hall–Kier alpha value is -3.33. The molecule has 0 aromatic heterocycles. The smallest absolute Gasteiger partial charge is 0.462 e. The van der Waals surface area contributed by atoms with Crippen molar-refractivity contribution >= 4 is 19.8 Å². The Morgan fingerprint density at radius 2 is 0.606 bits per heavy atom. The van der Waals surface area contributed by atoms with Crippen LogP contribution < -0.4 is 0 Å². The second-order valence-corrected chi connectivity index (χ2v) is 29.2. The highest BCUT2D eigenvalue weighted by Crippen LogP contribution is 2.43. The molecule has 0 aromatic carbocycles. The van der Waals surface area contributed by atoms with Crippen LogP contribution in [0, 0.1) is 0 Å². The molecule has 0 radical (unpaired) electrons. The molecular weight excluding hydrogens is 1180 g/mol. The molecule has 0 fully saturated rings. The minimum atomic E-state index is -4.40. The highest BCUT2D eigenvalue weighted by Gasteiger charge is 2.27. The SMILES string of the molecule is CC/C=C\C/C=C\C/C=C\C/C=C\C/C=C\C/C=C\CCCCCCCCCCCCCCCCC(=O)OC(COC(=O)CCCCCCCCCCCCCCCCCCCCCCCC/C=C\C/C=C\C/C=C\CCCCCCC)COP(=O)(O)OCC[N+](C)(C)C. The van der Waals surface area contributed by atoms with Gasteiger partial charge in [0.15, 0.2) is 6.10 Å². The topological polar surface area (TPSA) is 108 Å². The molecule has 0 aliphatic heterocycles. The first-order chi connectivity index (χ1) is 46.0. The fraction of sp³-hybridized carbons (Fsp3) is 0.762. The van der Waals surface area contributed by atoms with E-state index < -0.39 is 26.5 Å². The Morgan fingerprint density at radius 3 is 0.904 bits per heavy atom. The molecule has 0 spiro atoms. The van der Waals surface area contributed by atoms with Gasteiger partial charge in [-0.1, -0.05) is 354 Å². The van der Waals surface area contributed by atoms with Gasteiger partial charge in [0.1, 0.15) is 19.8 Å². The monoisotopic (exact) mass is 1330 g/mol. The maximum Gasteiger partial charge on any atom is 0.472 e. The van der Waals surface area contributed by atoms with Crippen molar-refractivity contribution in [3.05, 3.63) is 109 Å². The van der Waals surface area contributed by atoms with Gasteiger partial charge in [-0.2, -0.15) is 0 Å². The Kier molecular flexibility index (Phi) is 71.3. The number of ether oxygens (including phenoxy) is 2. The first kappa shape index (κ1) is 90.7. The molecular formula is C84H151NO8P+. The highest BCUT2D eigenvalue weighted by molar-refractivity contribution is 7.47. The quantitative estimate of drug-likeness (QED) is 0.0211. The van der Waals surface area contributed by atoms with Crippen LogP contribution >= 0.6 is 7.82 Å². The molecule has 0 bridgehead atoms. The fourth-order valence-corrected chi connectivity index (χ4v) is 12.0. The number of phosphoric acid groups is 1. The highest BCUT2D eigenvalue weighted by atomic mass is 31.2. The van der Waals surface area contributed by atoms with Gasteiger partial charge in [-0.15, -0.1) is 0 Å². The lowest BCUT2D eigenvalue weighted by molar-refractivity contribution is -0.870. The van der Waals surface area contributed by atoms with Crippen LogP contribution in [-0.4, -0.2) is 74.9 Å². The number of esters is 2. The van der Waals surface area contributed by atoms with Gasteiger partial charge in [-0.3, -0.25) is 18.6 Å². The Bertz CT molecular complexity index is 1960. The largest absolute Gasteiger partial charge is 0.472 e. The van der Waals surface area contributed by atoms with Crippen LogP contribution in [0.1, 0.15) is 361 Å². The molecule has 94 heavy (non-hydrogen) atoms.